The number of aromatic nitrogens is 3. The predicted octanol–water partition coefficient (Wildman–Crippen LogP) is 1.25. The van der Waals surface area contributed by atoms with Crippen LogP contribution in [0.2, 0.25) is 0 Å². The number of hydrogen-bond acceptors (Lipinski definition) is 3. The monoisotopic (exact) mass is 202 g/mol. The van der Waals surface area contributed by atoms with Gasteiger partial charge in [-0.1, -0.05) is 6.07 Å². The molecule has 0 spiro atoms. The fourth-order valence-electron chi connectivity index (χ4n) is 1.42. The van der Waals surface area contributed by atoms with Crippen LogP contribution in [0.15, 0.2) is 24.3 Å². The van der Waals surface area contributed by atoms with Crippen molar-refractivity contribution in [3.63, 3.8) is 0 Å². The number of nitrogens with two attached hydrogens (primary N) is 1. The van der Waals surface area contributed by atoms with Crippen LogP contribution in [0.1, 0.15) is 11.4 Å². The summed E-state index contributed by atoms with van der Waals surface area (Å²) in [6.07, 6.45) is 0. The largest absolute Gasteiger partial charge is 0.325 e. The van der Waals surface area contributed by atoms with Crippen molar-refractivity contribution in [2.75, 3.05) is 0 Å². The van der Waals surface area contributed by atoms with Crippen molar-refractivity contribution in [2.24, 2.45) is 12.8 Å². The third-order valence-electron chi connectivity index (χ3n) is 2.39. The summed E-state index contributed by atoms with van der Waals surface area (Å²) < 4.78 is 1.84. The van der Waals surface area contributed by atoms with Crippen molar-refractivity contribution in [1.82, 2.24) is 14.8 Å². The van der Waals surface area contributed by atoms with Crippen LogP contribution in [0, 0.1) is 6.92 Å². The molecule has 0 saturated carbocycles. The van der Waals surface area contributed by atoms with Crippen molar-refractivity contribution in [1.29, 1.82) is 0 Å². The Morgan fingerprint density at radius 1 is 1.33 bits per heavy atom. The highest BCUT2D eigenvalue weighted by Gasteiger charge is 2.05. The van der Waals surface area contributed by atoms with Crippen molar-refractivity contribution < 1.29 is 0 Å². The molecule has 0 aliphatic carbocycles. The molecule has 2 aromatic heterocycles. The van der Waals surface area contributed by atoms with Gasteiger partial charge in [0.15, 0.2) is 0 Å². The molecule has 0 fully saturated rings. The SMILES string of the molecule is Cc1cc(-c2cccc(CN)n2)nn1C. The van der Waals surface area contributed by atoms with E-state index in [0.717, 1.165) is 22.8 Å². The third-order valence-corrected chi connectivity index (χ3v) is 2.39. The van der Waals surface area contributed by atoms with Crippen LogP contribution < -0.4 is 5.73 Å². The van der Waals surface area contributed by atoms with Crippen LogP contribution in [-0.4, -0.2) is 14.8 Å². The Morgan fingerprint density at radius 3 is 2.73 bits per heavy atom. The standard InChI is InChI=1S/C11H14N4/c1-8-6-11(14-15(8)2)10-5-3-4-9(7-12)13-10/h3-6H,7,12H2,1-2H3. The maximum absolute atomic E-state index is 5.54. The highest BCUT2D eigenvalue weighted by atomic mass is 15.3. The van der Waals surface area contributed by atoms with E-state index in [-0.39, 0.29) is 0 Å². The van der Waals surface area contributed by atoms with Crippen molar-refractivity contribution in [3.05, 3.63) is 35.7 Å². The zero-order valence-corrected chi connectivity index (χ0v) is 8.94. The van der Waals surface area contributed by atoms with Gasteiger partial charge in [-0.2, -0.15) is 5.10 Å². The summed E-state index contributed by atoms with van der Waals surface area (Å²) in [7, 11) is 1.92. The fraction of sp³-hybridized carbons (Fsp3) is 0.273. The molecule has 4 heteroatoms. The van der Waals surface area contributed by atoms with E-state index in [4.69, 9.17) is 5.73 Å². The normalized spacial score (nSPS) is 10.6. The Labute approximate surface area is 88.8 Å². The van der Waals surface area contributed by atoms with E-state index < -0.39 is 0 Å². The molecule has 0 aromatic carbocycles. The molecule has 2 N–H and O–H groups in total. The highest BCUT2D eigenvalue weighted by molar-refractivity contribution is 5.54. The van der Waals surface area contributed by atoms with E-state index in [1.165, 1.54) is 0 Å². The number of pyridine rings is 1. The summed E-state index contributed by atoms with van der Waals surface area (Å²) in [6.45, 7) is 2.48. The van der Waals surface area contributed by atoms with E-state index in [0.29, 0.717) is 6.54 Å². The molecule has 0 atom stereocenters. The molecule has 0 unspecified atom stereocenters. The van der Waals surface area contributed by atoms with Gasteiger partial charge >= 0.3 is 0 Å². The molecule has 0 aliphatic rings. The lowest BCUT2D eigenvalue weighted by Crippen LogP contribution is -2.00. The van der Waals surface area contributed by atoms with Crippen LogP contribution in [0.3, 0.4) is 0 Å². The average Bonchev–Trinajstić information content (AvgIpc) is 2.59. The summed E-state index contributed by atoms with van der Waals surface area (Å²) in [4.78, 5) is 4.42. The second kappa shape index (κ2) is 3.82. The Bertz CT molecular complexity index is 454. The Hall–Kier alpha value is -1.68. The summed E-state index contributed by atoms with van der Waals surface area (Å²) in [5, 5.41) is 4.37. The predicted molar refractivity (Wildman–Crippen MR) is 59.1 cm³/mol. The van der Waals surface area contributed by atoms with Gasteiger partial charge in [0.25, 0.3) is 0 Å². The molecule has 0 aliphatic heterocycles. The maximum Gasteiger partial charge on any atom is 0.111 e. The van der Waals surface area contributed by atoms with Gasteiger partial charge in [-0.15, -0.1) is 0 Å². The zero-order chi connectivity index (χ0) is 10.8. The van der Waals surface area contributed by atoms with Crippen molar-refractivity contribution in [3.8, 4) is 11.4 Å². The molecule has 0 amide bonds. The molecule has 78 valence electrons. The van der Waals surface area contributed by atoms with E-state index >= 15 is 0 Å². The molecular weight excluding hydrogens is 188 g/mol. The van der Waals surface area contributed by atoms with Crippen LogP contribution in [0.25, 0.3) is 11.4 Å². The number of nitrogens with zero attached hydrogens (tertiary/aromatic N) is 3. The Morgan fingerprint density at radius 2 is 2.13 bits per heavy atom. The molecule has 2 aromatic rings. The second-order valence-corrected chi connectivity index (χ2v) is 3.51. The lowest BCUT2D eigenvalue weighted by Gasteiger charge is -1.98. The van der Waals surface area contributed by atoms with E-state index in [1.54, 1.807) is 0 Å². The van der Waals surface area contributed by atoms with Gasteiger partial charge in [0.2, 0.25) is 0 Å². The lowest BCUT2D eigenvalue weighted by atomic mass is 10.2. The highest BCUT2D eigenvalue weighted by Crippen LogP contribution is 2.16. The minimum atomic E-state index is 0.458. The molecule has 0 bridgehead atoms. The topological polar surface area (TPSA) is 56.7 Å². The van der Waals surface area contributed by atoms with E-state index in [2.05, 4.69) is 10.1 Å². The summed E-state index contributed by atoms with van der Waals surface area (Å²) in [6, 6.07) is 7.83. The minimum Gasteiger partial charge on any atom is -0.325 e. The van der Waals surface area contributed by atoms with Gasteiger partial charge in [0.05, 0.1) is 11.4 Å². The summed E-state index contributed by atoms with van der Waals surface area (Å²) in [5.74, 6) is 0. The van der Waals surface area contributed by atoms with Gasteiger partial charge in [0, 0.05) is 19.3 Å². The van der Waals surface area contributed by atoms with Crippen molar-refractivity contribution in [2.45, 2.75) is 13.5 Å². The van der Waals surface area contributed by atoms with Crippen LogP contribution in [0.5, 0.6) is 0 Å². The average molecular weight is 202 g/mol. The smallest absolute Gasteiger partial charge is 0.111 e. The van der Waals surface area contributed by atoms with Gasteiger partial charge in [0.1, 0.15) is 5.69 Å². The quantitative estimate of drug-likeness (QED) is 0.797. The molecule has 0 radical (unpaired) electrons. The van der Waals surface area contributed by atoms with Gasteiger partial charge in [-0.05, 0) is 25.1 Å². The molecule has 4 nitrogen and oxygen atoms in total. The van der Waals surface area contributed by atoms with Crippen LogP contribution in [0.4, 0.5) is 0 Å². The fourth-order valence-corrected chi connectivity index (χ4v) is 1.42. The zero-order valence-electron chi connectivity index (χ0n) is 8.94. The van der Waals surface area contributed by atoms with Crippen LogP contribution >= 0.6 is 0 Å². The second-order valence-electron chi connectivity index (χ2n) is 3.51. The summed E-state index contributed by atoms with van der Waals surface area (Å²) in [5.41, 5.74) is 9.31. The van der Waals surface area contributed by atoms with E-state index in [1.807, 2.05) is 42.9 Å². The minimum absolute atomic E-state index is 0.458. The first-order valence-electron chi connectivity index (χ1n) is 4.87. The van der Waals surface area contributed by atoms with Crippen LogP contribution in [-0.2, 0) is 13.6 Å². The number of hydrogen-bond donors (Lipinski definition) is 1. The van der Waals surface area contributed by atoms with Crippen molar-refractivity contribution >= 4 is 0 Å². The Kier molecular flexibility index (Phi) is 2.51. The first kappa shape index (κ1) is 9.86. The number of rotatable bonds is 2. The molecule has 0 saturated heterocycles. The molecule has 15 heavy (non-hydrogen) atoms. The maximum atomic E-state index is 5.54. The lowest BCUT2D eigenvalue weighted by molar-refractivity contribution is 0.742. The Balaban J connectivity index is 2.44. The van der Waals surface area contributed by atoms with Gasteiger partial charge < -0.3 is 5.73 Å². The molecular formula is C11H14N4. The van der Waals surface area contributed by atoms with Gasteiger partial charge in [-0.3, -0.25) is 4.68 Å². The summed E-state index contributed by atoms with van der Waals surface area (Å²) >= 11 is 0. The first-order valence-corrected chi connectivity index (χ1v) is 4.87. The molecule has 2 rings (SSSR count). The third kappa shape index (κ3) is 1.89. The first-order chi connectivity index (χ1) is 7.20. The van der Waals surface area contributed by atoms with E-state index in [9.17, 15) is 0 Å². The molecule has 2 heterocycles. The van der Waals surface area contributed by atoms with Gasteiger partial charge in [-0.25, -0.2) is 4.98 Å². The number of aryl methyl sites for hydroxylation is 2.